The third kappa shape index (κ3) is 1.06. The van der Waals surface area contributed by atoms with Crippen molar-refractivity contribution >= 4 is 0 Å². The smallest absolute Gasteiger partial charge is 0.0802 e. The van der Waals surface area contributed by atoms with Crippen LogP contribution < -0.4 is 0 Å². The highest BCUT2D eigenvalue weighted by molar-refractivity contribution is 5.21. The van der Waals surface area contributed by atoms with Crippen molar-refractivity contribution in [2.24, 2.45) is 17.8 Å². The van der Waals surface area contributed by atoms with Crippen LogP contribution in [0.2, 0.25) is 0 Å². The summed E-state index contributed by atoms with van der Waals surface area (Å²) >= 11 is 0. The van der Waals surface area contributed by atoms with Gasteiger partial charge in [0.1, 0.15) is 0 Å². The summed E-state index contributed by atoms with van der Waals surface area (Å²) in [5, 5.41) is 0. The Morgan fingerprint density at radius 3 is 2.31 bits per heavy atom. The van der Waals surface area contributed by atoms with Crippen molar-refractivity contribution in [1.29, 1.82) is 0 Å². The summed E-state index contributed by atoms with van der Waals surface area (Å²) in [6.07, 6.45) is 1.43. The van der Waals surface area contributed by atoms with Gasteiger partial charge in [0, 0.05) is 31.1 Å². The minimum atomic E-state index is 0.502. The Hall–Kier alpha value is -0.0800. The van der Waals surface area contributed by atoms with E-state index in [0.29, 0.717) is 5.66 Å². The number of hydrogen-bond donors (Lipinski definition) is 0. The van der Waals surface area contributed by atoms with E-state index in [2.05, 4.69) is 44.4 Å². The minimum Gasteiger partial charge on any atom is -0.283 e. The molecule has 16 heavy (non-hydrogen) atoms. The molecular weight excluding hydrogens is 196 g/mol. The first kappa shape index (κ1) is 11.0. The summed E-state index contributed by atoms with van der Waals surface area (Å²) in [5.74, 6) is 2.59. The van der Waals surface area contributed by atoms with Crippen LogP contribution in [0.5, 0.6) is 0 Å². The molecule has 0 radical (unpaired) electrons. The summed E-state index contributed by atoms with van der Waals surface area (Å²) in [7, 11) is 0. The highest BCUT2D eigenvalue weighted by atomic mass is 15.6. The fourth-order valence-electron chi connectivity index (χ4n) is 4.63. The van der Waals surface area contributed by atoms with E-state index in [0.717, 1.165) is 29.8 Å². The second kappa shape index (κ2) is 3.23. The molecule has 0 aromatic heterocycles. The second-order valence-electron chi connectivity index (χ2n) is 6.91. The third-order valence-corrected chi connectivity index (χ3v) is 5.41. The molecule has 3 aliphatic rings. The lowest BCUT2D eigenvalue weighted by Crippen LogP contribution is -2.81. The van der Waals surface area contributed by atoms with Crippen molar-refractivity contribution in [3.05, 3.63) is 0 Å². The van der Waals surface area contributed by atoms with Crippen LogP contribution in [0.25, 0.3) is 0 Å². The summed E-state index contributed by atoms with van der Waals surface area (Å²) in [4.78, 5) is 5.60. The predicted molar refractivity (Wildman–Crippen MR) is 67.2 cm³/mol. The lowest BCUT2D eigenvalue weighted by molar-refractivity contribution is -0.245. The monoisotopic (exact) mass is 222 g/mol. The van der Waals surface area contributed by atoms with E-state index in [1.165, 1.54) is 19.5 Å². The first-order valence-corrected chi connectivity index (χ1v) is 7.02. The SMILES string of the molecule is CC(C)C1CC23C(C(C)C)CN2CC(C)N13. The van der Waals surface area contributed by atoms with Crippen molar-refractivity contribution in [3.8, 4) is 0 Å². The fourth-order valence-corrected chi connectivity index (χ4v) is 4.63. The topological polar surface area (TPSA) is 6.48 Å². The molecule has 0 saturated carbocycles. The number of hydrogen-bond acceptors (Lipinski definition) is 2. The average molecular weight is 222 g/mol. The van der Waals surface area contributed by atoms with E-state index in [4.69, 9.17) is 0 Å². The molecule has 0 aromatic rings. The van der Waals surface area contributed by atoms with Crippen LogP contribution >= 0.6 is 0 Å². The zero-order chi connectivity index (χ0) is 11.7. The summed E-state index contributed by atoms with van der Waals surface area (Å²) in [6.45, 7) is 14.7. The van der Waals surface area contributed by atoms with E-state index < -0.39 is 0 Å². The maximum absolute atomic E-state index is 2.85. The molecule has 2 nitrogen and oxygen atoms in total. The van der Waals surface area contributed by atoms with Crippen LogP contribution in [0.15, 0.2) is 0 Å². The summed E-state index contributed by atoms with van der Waals surface area (Å²) in [6, 6.07) is 1.63. The predicted octanol–water partition coefficient (Wildman–Crippen LogP) is 2.40. The summed E-state index contributed by atoms with van der Waals surface area (Å²) in [5.41, 5.74) is 0.502. The summed E-state index contributed by atoms with van der Waals surface area (Å²) < 4.78 is 0. The van der Waals surface area contributed by atoms with Crippen molar-refractivity contribution < 1.29 is 0 Å². The van der Waals surface area contributed by atoms with Crippen molar-refractivity contribution in [3.63, 3.8) is 0 Å². The zero-order valence-corrected chi connectivity index (χ0v) is 11.4. The van der Waals surface area contributed by atoms with Gasteiger partial charge in [-0.05, 0) is 25.2 Å². The van der Waals surface area contributed by atoms with Crippen LogP contribution in [0, 0.1) is 17.8 Å². The normalized spacial score (nSPS) is 47.8. The van der Waals surface area contributed by atoms with Crippen LogP contribution in [-0.4, -0.2) is 40.6 Å². The standard InChI is InChI=1S/C14H26N2/c1-9(2)12-8-15-7-11(5)16-13(10(3)4)6-14(12,15)16/h9-13H,6-8H2,1-5H3. The van der Waals surface area contributed by atoms with Gasteiger partial charge in [0.25, 0.3) is 0 Å². The van der Waals surface area contributed by atoms with Gasteiger partial charge in [-0.15, -0.1) is 0 Å². The molecule has 2 heteroatoms. The molecular formula is C14H26N2. The van der Waals surface area contributed by atoms with E-state index >= 15 is 0 Å². The Kier molecular flexibility index (Phi) is 2.23. The molecule has 1 spiro atoms. The molecule has 4 unspecified atom stereocenters. The molecule has 3 heterocycles. The average Bonchev–Trinajstić information content (AvgIpc) is 2.21. The molecule has 4 atom stereocenters. The number of nitrogens with zero attached hydrogens (tertiary/aromatic N) is 2. The van der Waals surface area contributed by atoms with Crippen LogP contribution in [-0.2, 0) is 0 Å². The Labute approximate surface area is 100.0 Å². The number of rotatable bonds is 2. The molecule has 0 N–H and O–H groups in total. The van der Waals surface area contributed by atoms with Crippen LogP contribution in [0.1, 0.15) is 41.0 Å². The lowest BCUT2D eigenvalue weighted by atomic mass is 9.64. The molecule has 3 aliphatic heterocycles. The fraction of sp³-hybridized carbons (Fsp3) is 1.00. The molecule has 92 valence electrons. The highest BCUT2D eigenvalue weighted by Crippen LogP contribution is 2.59. The molecule has 3 rings (SSSR count). The molecule has 0 amide bonds. The van der Waals surface area contributed by atoms with Gasteiger partial charge in [-0.3, -0.25) is 9.80 Å². The third-order valence-electron chi connectivity index (χ3n) is 5.41. The van der Waals surface area contributed by atoms with E-state index in [-0.39, 0.29) is 0 Å². The first-order valence-electron chi connectivity index (χ1n) is 7.02. The van der Waals surface area contributed by atoms with Gasteiger partial charge < -0.3 is 0 Å². The van der Waals surface area contributed by atoms with Crippen molar-refractivity contribution in [1.82, 2.24) is 9.80 Å². The van der Waals surface area contributed by atoms with Crippen LogP contribution in [0.4, 0.5) is 0 Å². The second-order valence-corrected chi connectivity index (χ2v) is 6.91. The van der Waals surface area contributed by atoms with Gasteiger partial charge in [0.2, 0.25) is 0 Å². The Balaban J connectivity index is 1.85. The van der Waals surface area contributed by atoms with E-state index in [1.807, 2.05) is 0 Å². The van der Waals surface area contributed by atoms with Gasteiger partial charge in [-0.2, -0.15) is 0 Å². The Bertz CT molecular complexity index is 299. The molecule has 3 fully saturated rings. The van der Waals surface area contributed by atoms with Crippen molar-refractivity contribution in [2.75, 3.05) is 13.1 Å². The maximum atomic E-state index is 2.85. The molecule has 3 saturated heterocycles. The minimum absolute atomic E-state index is 0.502. The molecule has 0 aliphatic carbocycles. The van der Waals surface area contributed by atoms with Crippen LogP contribution in [0.3, 0.4) is 0 Å². The Morgan fingerprint density at radius 2 is 1.75 bits per heavy atom. The van der Waals surface area contributed by atoms with Gasteiger partial charge >= 0.3 is 0 Å². The van der Waals surface area contributed by atoms with E-state index in [9.17, 15) is 0 Å². The van der Waals surface area contributed by atoms with Gasteiger partial charge in [0.05, 0.1) is 5.66 Å². The zero-order valence-electron chi connectivity index (χ0n) is 11.4. The van der Waals surface area contributed by atoms with Gasteiger partial charge in [-0.25, -0.2) is 0 Å². The first-order chi connectivity index (χ1) is 7.48. The van der Waals surface area contributed by atoms with Crippen molar-refractivity contribution in [2.45, 2.75) is 58.8 Å². The quantitative estimate of drug-likeness (QED) is 0.708. The molecule has 0 bridgehead atoms. The maximum Gasteiger partial charge on any atom is 0.0802 e. The van der Waals surface area contributed by atoms with Gasteiger partial charge in [0.15, 0.2) is 0 Å². The van der Waals surface area contributed by atoms with E-state index in [1.54, 1.807) is 0 Å². The Morgan fingerprint density at radius 1 is 1.06 bits per heavy atom. The molecule has 0 aromatic carbocycles. The highest BCUT2D eigenvalue weighted by Gasteiger charge is 2.70. The van der Waals surface area contributed by atoms with Gasteiger partial charge in [-0.1, -0.05) is 27.7 Å². The lowest BCUT2D eigenvalue weighted by Gasteiger charge is -2.70. The largest absolute Gasteiger partial charge is 0.283 e.